The van der Waals surface area contributed by atoms with Crippen LogP contribution in [0.1, 0.15) is 39.5 Å². The first-order valence-corrected chi connectivity index (χ1v) is 7.33. The molecule has 1 N–H and O–H groups in total. The van der Waals surface area contributed by atoms with Gasteiger partial charge in [-0.1, -0.05) is 13.8 Å². The summed E-state index contributed by atoms with van der Waals surface area (Å²) in [4.78, 5) is 2.66. The van der Waals surface area contributed by atoms with Crippen molar-refractivity contribution < 1.29 is 4.74 Å². The van der Waals surface area contributed by atoms with Crippen LogP contribution in [-0.4, -0.2) is 49.8 Å². The molecule has 2 aliphatic heterocycles. The molecule has 0 radical (unpaired) electrons. The number of nitrogens with zero attached hydrogens (tertiary/aromatic N) is 1. The molecule has 0 aromatic heterocycles. The molecule has 2 aliphatic rings. The number of hydrogen-bond donors (Lipinski definition) is 1. The van der Waals surface area contributed by atoms with Gasteiger partial charge in [-0.2, -0.15) is 0 Å². The Hall–Kier alpha value is -0.120. The van der Waals surface area contributed by atoms with E-state index < -0.39 is 0 Å². The molecular weight excluding hydrogens is 212 g/mol. The molecular formula is C14H28N2O. The van der Waals surface area contributed by atoms with Crippen LogP contribution in [0, 0.1) is 5.92 Å². The molecule has 0 spiro atoms. The average Bonchev–Trinajstić information content (AvgIpc) is 2.40. The molecule has 3 heteroatoms. The van der Waals surface area contributed by atoms with Gasteiger partial charge in [0.05, 0.1) is 6.61 Å². The van der Waals surface area contributed by atoms with Gasteiger partial charge in [0.15, 0.2) is 0 Å². The molecule has 1 atom stereocenters. The van der Waals surface area contributed by atoms with E-state index >= 15 is 0 Å². The first-order valence-electron chi connectivity index (χ1n) is 7.33. The van der Waals surface area contributed by atoms with Gasteiger partial charge in [0.25, 0.3) is 0 Å². The fourth-order valence-corrected chi connectivity index (χ4v) is 3.24. The van der Waals surface area contributed by atoms with Gasteiger partial charge >= 0.3 is 0 Å². The topological polar surface area (TPSA) is 24.5 Å². The lowest BCUT2D eigenvalue weighted by atomic mass is 9.89. The van der Waals surface area contributed by atoms with E-state index in [-0.39, 0.29) is 0 Å². The quantitative estimate of drug-likeness (QED) is 0.812. The van der Waals surface area contributed by atoms with E-state index in [0.29, 0.717) is 5.54 Å². The predicted octanol–water partition coefficient (Wildman–Crippen LogP) is 1.88. The van der Waals surface area contributed by atoms with Gasteiger partial charge in [-0.3, -0.25) is 4.90 Å². The lowest BCUT2D eigenvalue weighted by molar-refractivity contribution is 0.0256. The highest BCUT2D eigenvalue weighted by Crippen LogP contribution is 2.22. The van der Waals surface area contributed by atoms with Crippen molar-refractivity contribution in [1.29, 1.82) is 0 Å². The zero-order valence-corrected chi connectivity index (χ0v) is 11.5. The highest BCUT2D eigenvalue weighted by atomic mass is 16.5. The molecule has 0 aliphatic carbocycles. The Morgan fingerprint density at radius 2 is 2.18 bits per heavy atom. The van der Waals surface area contributed by atoms with Gasteiger partial charge < -0.3 is 10.1 Å². The van der Waals surface area contributed by atoms with Crippen molar-refractivity contribution in [3.63, 3.8) is 0 Å². The fourth-order valence-electron chi connectivity index (χ4n) is 3.24. The maximum Gasteiger partial charge on any atom is 0.0506 e. The maximum atomic E-state index is 5.59. The first kappa shape index (κ1) is 13.3. The Kier molecular flexibility index (Phi) is 4.83. The van der Waals surface area contributed by atoms with Crippen LogP contribution in [0.3, 0.4) is 0 Å². The third-order valence-corrected chi connectivity index (χ3v) is 4.58. The van der Waals surface area contributed by atoms with Crippen LogP contribution >= 0.6 is 0 Å². The second-order valence-electron chi connectivity index (χ2n) is 5.73. The summed E-state index contributed by atoms with van der Waals surface area (Å²) in [5.74, 6) is 0.772. The van der Waals surface area contributed by atoms with Gasteiger partial charge in [-0.05, 0) is 31.6 Å². The fraction of sp³-hybridized carbons (Fsp3) is 1.00. The van der Waals surface area contributed by atoms with Gasteiger partial charge in [0.1, 0.15) is 0 Å². The molecule has 0 aromatic rings. The number of nitrogens with one attached hydrogen (secondary N) is 1. The van der Waals surface area contributed by atoms with E-state index in [0.717, 1.165) is 25.7 Å². The number of ether oxygens (including phenoxy) is 1. The van der Waals surface area contributed by atoms with Crippen LogP contribution < -0.4 is 5.32 Å². The Bertz CT molecular complexity index is 222. The summed E-state index contributed by atoms with van der Waals surface area (Å²) in [6.07, 6.45) is 5.08. The molecule has 2 fully saturated rings. The SMILES string of the molecule is CCC1(CC)CN(CC2CCCOC2)CCN1. The van der Waals surface area contributed by atoms with Crippen molar-refractivity contribution in [3.8, 4) is 0 Å². The van der Waals surface area contributed by atoms with Crippen LogP contribution in [-0.2, 0) is 4.74 Å². The average molecular weight is 240 g/mol. The predicted molar refractivity (Wildman–Crippen MR) is 71.3 cm³/mol. The van der Waals surface area contributed by atoms with Gasteiger partial charge in [-0.15, -0.1) is 0 Å². The summed E-state index contributed by atoms with van der Waals surface area (Å²) in [7, 11) is 0. The van der Waals surface area contributed by atoms with Crippen LogP contribution in [0.15, 0.2) is 0 Å². The Balaban J connectivity index is 1.84. The molecule has 2 saturated heterocycles. The third-order valence-electron chi connectivity index (χ3n) is 4.58. The summed E-state index contributed by atoms with van der Waals surface area (Å²) in [6, 6.07) is 0. The van der Waals surface area contributed by atoms with Gasteiger partial charge in [0, 0.05) is 38.3 Å². The van der Waals surface area contributed by atoms with Crippen LogP contribution in [0.2, 0.25) is 0 Å². The summed E-state index contributed by atoms with van der Waals surface area (Å²) in [5, 5.41) is 3.73. The minimum absolute atomic E-state index is 0.369. The molecule has 1 unspecified atom stereocenters. The molecule has 0 bridgehead atoms. The highest BCUT2D eigenvalue weighted by Gasteiger charge is 2.32. The third kappa shape index (κ3) is 3.43. The van der Waals surface area contributed by atoms with Crippen molar-refractivity contribution in [2.75, 3.05) is 39.4 Å². The zero-order chi connectivity index (χ0) is 12.1. The van der Waals surface area contributed by atoms with Crippen molar-refractivity contribution in [2.45, 2.75) is 45.1 Å². The van der Waals surface area contributed by atoms with Gasteiger partial charge in [-0.25, -0.2) is 0 Å². The molecule has 0 aromatic carbocycles. The summed E-state index contributed by atoms with van der Waals surface area (Å²) < 4.78 is 5.59. The second-order valence-corrected chi connectivity index (χ2v) is 5.73. The smallest absolute Gasteiger partial charge is 0.0506 e. The van der Waals surface area contributed by atoms with Crippen molar-refractivity contribution >= 4 is 0 Å². The van der Waals surface area contributed by atoms with Crippen molar-refractivity contribution in [1.82, 2.24) is 10.2 Å². The molecule has 0 amide bonds. The Morgan fingerprint density at radius 1 is 1.35 bits per heavy atom. The first-order chi connectivity index (χ1) is 8.28. The van der Waals surface area contributed by atoms with Crippen LogP contribution in [0.5, 0.6) is 0 Å². The van der Waals surface area contributed by atoms with Crippen molar-refractivity contribution in [2.24, 2.45) is 5.92 Å². The van der Waals surface area contributed by atoms with E-state index in [9.17, 15) is 0 Å². The van der Waals surface area contributed by atoms with Crippen LogP contribution in [0.25, 0.3) is 0 Å². The molecule has 100 valence electrons. The summed E-state index contributed by atoms with van der Waals surface area (Å²) in [5.41, 5.74) is 0.369. The van der Waals surface area contributed by atoms with Gasteiger partial charge in [0.2, 0.25) is 0 Å². The lowest BCUT2D eigenvalue weighted by Crippen LogP contribution is -2.60. The van der Waals surface area contributed by atoms with Crippen LogP contribution in [0.4, 0.5) is 0 Å². The second kappa shape index (κ2) is 6.17. The standard InChI is InChI=1S/C14H28N2O/c1-3-14(4-2)12-16(8-7-15-14)10-13-6-5-9-17-11-13/h13,15H,3-12H2,1-2H3. The maximum absolute atomic E-state index is 5.59. The zero-order valence-electron chi connectivity index (χ0n) is 11.5. The molecule has 2 rings (SSSR count). The van der Waals surface area contributed by atoms with E-state index in [1.165, 1.54) is 45.3 Å². The minimum atomic E-state index is 0.369. The molecule has 17 heavy (non-hydrogen) atoms. The summed E-state index contributed by atoms with van der Waals surface area (Å²) in [6.45, 7) is 11.4. The Morgan fingerprint density at radius 3 is 2.82 bits per heavy atom. The van der Waals surface area contributed by atoms with E-state index in [1.54, 1.807) is 0 Å². The molecule has 3 nitrogen and oxygen atoms in total. The normalized spacial score (nSPS) is 30.4. The number of piperazine rings is 1. The van der Waals surface area contributed by atoms with E-state index in [2.05, 4.69) is 24.1 Å². The summed E-state index contributed by atoms with van der Waals surface area (Å²) >= 11 is 0. The molecule has 0 saturated carbocycles. The van der Waals surface area contributed by atoms with Crippen molar-refractivity contribution in [3.05, 3.63) is 0 Å². The number of hydrogen-bond acceptors (Lipinski definition) is 3. The molecule has 2 heterocycles. The minimum Gasteiger partial charge on any atom is -0.381 e. The highest BCUT2D eigenvalue weighted by molar-refractivity contribution is 4.93. The van der Waals surface area contributed by atoms with E-state index in [1.807, 2.05) is 0 Å². The lowest BCUT2D eigenvalue weighted by Gasteiger charge is -2.44. The van der Waals surface area contributed by atoms with E-state index in [4.69, 9.17) is 4.74 Å². The number of rotatable bonds is 4. The monoisotopic (exact) mass is 240 g/mol. The largest absolute Gasteiger partial charge is 0.381 e. The Labute approximate surface area is 106 Å².